The summed E-state index contributed by atoms with van der Waals surface area (Å²) in [5, 5.41) is 11.5. The summed E-state index contributed by atoms with van der Waals surface area (Å²) in [6.45, 7) is -0.345. The van der Waals surface area contributed by atoms with Crippen LogP contribution in [0.25, 0.3) is 0 Å². The van der Waals surface area contributed by atoms with E-state index in [0.717, 1.165) is 17.4 Å². The lowest BCUT2D eigenvalue weighted by Gasteiger charge is -2.54. The highest BCUT2D eigenvalue weighted by Gasteiger charge is 2.49. The average Bonchev–Trinajstić information content (AvgIpc) is 3.04. The first kappa shape index (κ1) is 33.9. The van der Waals surface area contributed by atoms with Gasteiger partial charge in [0.15, 0.2) is 0 Å². The van der Waals surface area contributed by atoms with E-state index in [0.29, 0.717) is 36.0 Å². The Morgan fingerprint density at radius 1 is 0.804 bits per heavy atom. The summed E-state index contributed by atoms with van der Waals surface area (Å²) in [6.07, 6.45) is 8.76. The van der Waals surface area contributed by atoms with Gasteiger partial charge in [0.2, 0.25) is 23.6 Å². The van der Waals surface area contributed by atoms with Crippen molar-refractivity contribution < 1.29 is 23.6 Å². The summed E-state index contributed by atoms with van der Waals surface area (Å²) in [7, 11) is 0. The Labute approximate surface area is 274 Å². The van der Waals surface area contributed by atoms with E-state index in [1.54, 1.807) is 12.1 Å². The Morgan fingerprint density at radius 2 is 1.43 bits per heavy atom. The van der Waals surface area contributed by atoms with Gasteiger partial charge in [-0.1, -0.05) is 42.5 Å². The molecule has 2 aromatic rings. The van der Waals surface area contributed by atoms with Crippen LogP contribution in [0.2, 0.25) is 0 Å². The maximum Gasteiger partial charge on any atom is 0.243 e. The molecular weight excluding hydrogens is 605 g/mol. The highest BCUT2D eigenvalue weighted by Crippen LogP contribution is 2.53. The molecule has 4 aliphatic rings. The maximum atomic E-state index is 13.7. The molecule has 4 aliphatic carbocycles. The fourth-order valence-corrected chi connectivity index (χ4v) is 8.24. The van der Waals surface area contributed by atoms with Crippen LogP contribution in [-0.4, -0.2) is 66.3 Å². The van der Waals surface area contributed by atoms with Crippen LogP contribution in [0.5, 0.6) is 0 Å². The summed E-state index contributed by atoms with van der Waals surface area (Å²) in [6, 6.07) is 12.8. The smallest absolute Gasteiger partial charge is 0.243 e. The van der Waals surface area contributed by atoms with Crippen molar-refractivity contribution in [2.24, 2.45) is 29.4 Å². The number of benzene rings is 2. The number of hydrogen-bond donors (Lipinski definition) is 5. The summed E-state index contributed by atoms with van der Waals surface area (Å²) >= 11 is 1.52. The van der Waals surface area contributed by atoms with Gasteiger partial charge in [-0.3, -0.25) is 19.2 Å². The second kappa shape index (κ2) is 15.9. The van der Waals surface area contributed by atoms with E-state index in [9.17, 15) is 23.6 Å². The molecule has 0 radical (unpaired) electrons. The van der Waals surface area contributed by atoms with Crippen LogP contribution in [0.3, 0.4) is 0 Å². The highest BCUT2D eigenvalue weighted by atomic mass is 32.2. The van der Waals surface area contributed by atoms with Crippen LogP contribution in [0.1, 0.15) is 49.7 Å². The number of thioether (sulfide) groups is 1. The number of carbonyl (C=O) groups is 4. The third-order valence-corrected chi connectivity index (χ3v) is 10.5. The topological polar surface area (TPSA) is 142 Å². The van der Waals surface area contributed by atoms with Gasteiger partial charge in [0.1, 0.15) is 17.9 Å². The van der Waals surface area contributed by atoms with Gasteiger partial charge in [-0.2, -0.15) is 11.8 Å². The molecule has 2 aromatic carbocycles. The van der Waals surface area contributed by atoms with E-state index >= 15 is 0 Å². The molecule has 0 saturated heterocycles. The summed E-state index contributed by atoms with van der Waals surface area (Å²) < 4.78 is 13.2. The van der Waals surface area contributed by atoms with Gasteiger partial charge in [0, 0.05) is 12.5 Å². The van der Waals surface area contributed by atoms with E-state index in [-0.39, 0.29) is 30.7 Å². The van der Waals surface area contributed by atoms with E-state index in [1.807, 2.05) is 36.6 Å². The second-order valence-electron chi connectivity index (χ2n) is 13.3. The lowest BCUT2D eigenvalue weighted by Crippen LogP contribution is -2.60. The first-order valence-corrected chi connectivity index (χ1v) is 17.8. The molecule has 11 heteroatoms. The fraction of sp³-hybridized carbons (Fsp3) is 0.543. The van der Waals surface area contributed by atoms with E-state index in [4.69, 9.17) is 5.73 Å². The lowest BCUT2D eigenvalue weighted by molar-refractivity contribution is -0.132. The number of nitrogens with one attached hydrogen (secondary N) is 4. The predicted octanol–water partition coefficient (Wildman–Crippen LogP) is 2.72. The Morgan fingerprint density at radius 3 is 2.07 bits per heavy atom. The average molecular weight is 652 g/mol. The van der Waals surface area contributed by atoms with Crippen molar-refractivity contribution in [1.82, 2.24) is 21.3 Å². The van der Waals surface area contributed by atoms with Crippen molar-refractivity contribution in [3.8, 4) is 0 Å². The van der Waals surface area contributed by atoms with Gasteiger partial charge in [0.05, 0.1) is 12.6 Å². The van der Waals surface area contributed by atoms with Crippen LogP contribution in [0.15, 0.2) is 54.6 Å². The summed E-state index contributed by atoms with van der Waals surface area (Å²) in [5.41, 5.74) is 7.72. The number of amides is 4. The zero-order valence-electron chi connectivity index (χ0n) is 26.4. The molecule has 4 saturated carbocycles. The summed E-state index contributed by atoms with van der Waals surface area (Å²) in [4.78, 5) is 52.8. The first-order chi connectivity index (χ1) is 22.2. The van der Waals surface area contributed by atoms with Crippen LogP contribution in [0, 0.1) is 29.5 Å². The van der Waals surface area contributed by atoms with Gasteiger partial charge in [-0.05, 0) is 104 Å². The molecule has 46 heavy (non-hydrogen) atoms. The number of hydrogen-bond acceptors (Lipinski definition) is 6. The molecule has 0 spiro atoms. The molecule has 0 aliphatic heterocycles. The molecule has 4 amide bonds. The van der Waals surface area contributed by atoms with Gasteiger partial charge in [0.25, 0.3) is 0 Å². The van der Waals surface area contributed by atoms with Crippen molar-refractivity contribution >= 4 is 35.4 Å². The SMILES string of the molecule is CSCC[C@@H](NC(=O)[C@@H](N)Cc1ccc(F)cc1)C(=O)NCC(=O)N[C@@H](Cc1ccccc1)C(=O)NC1C2CC3CC(C2)CC1C3. The molecule has 248 valence electrons. The molecule has 4 bridgehead atoms. The number of rotatable bonds is 15. The maximum absolute atomic E-state index is 13.7. The van der Waals surface area contributed by atoms with E-state index < -0.39 is 35.8 Å². The van der Waals surface area contributed by atoms with Crippen LogP contribution in [-0.2, 0) is 32.0 Å². The van der Waals surface area contributed by atoms with Crippen molar-refractivity contribution in [1.29, 1.82) is 0 Å². The zero-order chi connectivity index (χ0) is 32.6. The minimum absolute atomic E-state index is 0.144. The second-order valence-corrected chi connectivity index (χ2v) is 14.3. The standard InChI is InChI=1S/C35H46FN5O4S/c1-46-12-11-29(40-33(43)28(37)18-22-7-9-27(36)10-8-22)34(44)38-20-31(42)39-30(19-21-5-3-2-4-6-21)35(45)41-32-25-14-23-13-24(16-25)17-26(32)15-23/h2-10,23-26,28-30,32H,11-20,37H2,1H3,(H,38,44)(H,39,42)(H,40,43)(H,41,45)/t23?,24?,25?,26?,28-,29+,30-,32?/m0/s1. The molecular formula is C35H46FN5O4S. The molecule has 0 heterocycles. The summed E-state index contributed by atoms with van der Waals surface area (Å²) in [5.74, 6) is 1.09. The molecule has 0 aromatic heterocycles. The molecule has 3 atom stereocenters. The Bertz CT molecular complexity index is 1330. The Hall–Kier alpha value is -3.44. The predicted molar refractivity (Wildman–Crippen MR) is 177 cm³/mol. The largest absolute Gasteiger partial charge is 0.351 e. The molecule has 6 rings (SSSR count). The van der Waals surface area contributed by atoms with Gasteiger partial charge < -0.3 is 27.0 Å². The number of nitrogens with two attached hydrogens (primary N) is 1. The Balaban J connectivity index is 1.16. The van der Waals surface area contributed by atoms with Crippen molar-refractivity contribution in [2.45, 2.75) is 75.5 Å². The van der Waals surface area contributed by atoms with Crippen molar-refractivity contribution in [3.05, 3.63) is 71.5 Å². The van der Waals surface area contributed by atoms with E-state index in [2.05, 4.69) is 21.3 Å². The van der Waals surface area contributed by atoms with Gasteiger partial charge in [-0.25, -0.2) is 4.39 Å². The van der Waals surface area contributed by atoms with Crippen molar-refractivity contribution in [3.63, 3.8) is 0 Å². The lowest BCUT2D eigenvalue weighted by atomic mass is 9.54. The van der Waals surface area contributed by atoms with Gasteiger partial charge in [-0.15, -0.1) is 0 Å². The molecule has 4 fully saturated rings. The number of halogens is 1. The van der Waals surface area contributed by atoms with Crippen molar-refractivity contribution in [2.75, 3.05) is 18.6 Å². The third kappa shape index (κ3) is 9.09. The number of carbonyl (C=O) groups excluding carboxylic acids is 4. The quantitative estimate of drug-likeness (QED) is 0.201. The minimum atomic E-state index is -0.940. The highest BCUT2D eigenvalue weighted by molar-refractivity contribution is 7.98. The van der Waals surface area contributed by atoms with Gasteiger partial charge >= 0.3 is 0 Å². The Kier molecular flexibility index (Phi) is 11.7. The van der Waals surface area contributed by atoms with Crippen LogP contribution >= 0.6 is 11.8 Å². The van der Waals surface area contributed by atoms with E-state index in [1.165, 1.54) is 56.0 Å². The zero-order valence-corrected chi connectivity index (χ0v) is 27.2. The molecule has 0 unspecified atom stereocenters. The first-order valence-electron chi connectivity index (χ1n) is 16.4. The third-order valence-electron chi connectivity index (χ3n) is 9.84. The minimum Gasteiger partial charge on any atom is -0.351 e. The molecule has 6 N–H and O–H groups in total. The monoisotopic (exact) mass is 651 g/mol. The normalized spacial score (nSPS) is 24.8. The molecule has 9 nitrogen and oxygen atoms in total. The fourth-order valence-electron chi connectivity index (χ4n) is 7.77. The van der Waals surface area contributed by atoms with Crippen LogP contribution in [0.4, 0.5) is 4.39 Å². The van der Waals surface area contributed by atoms with Crippen LogP contribution < -0.4 is 27.0 Å².